The lowest BCUT2D eigenvalue weighted by Crippen LogP contribution is -2.00. The average Bonchev–Trinajstić information content (AvgIpc) is 2.45. The summed E-state index contributed by atoms with van der Waals surface area (Å²) >= 11 is 5.80. The minimum absolute atomic E-state index is 0.394. The number of hydrogen-bond donors (Lipinski definition) is 0. The van der Waals surface area contributed by atoms with Crippen LogP contribution in [-0.2, 0) is 9.53 Å². The lowest BCUT2D eigenvalue weighted by Gasteiger charge is -1.96. The van der Waals surface area contributed by atoms with Gasteiger partial charge in [-0.2, -0.15) is 0 Å². The van der Waals surface area contributed by atoms with Gasteiger partial charge in [-0.05, 0) is 18.2 Å². The largest absolute Gasteiger partial charge is 0.503 e. The van der Waals surface area contributed by atoms with Gasteiger partial charge in [0.05, 0.1) is 13.4 Å². The lowest BCUT2D eigenvalue weighted by molar-refractivity contribution is -0.127. The molecule has 2 rings (SSSR count). The van der Waals surface area contributed by atoms with E-state index in [1.165, 1.54) is 13.4 Å². The van der Waals surface area contributed by atoms with Crippen LogP contribution in [0.25, 0.3) is 5.57 Å². The van der Waals surface area contributed by atoms with E-state index in [2.05, 4.69) is 0 Å². The molecular formula is C10H7ClO3. The van der Waals surface area contributed by atoms with E-state index < -0.39 is 5.97 Å². The molecule has 0 radical (unpaired) electrons. The Morgan fingerprint density at radius 2 is 2.29 bits per heavy atom. The Bertz CT molecular complexity index is 423. The molecule has 1 aromatic rings. The molecule has 0 saturated heterocycles. The zero-order valence-electron chi connectivity index (χ0n) is 7.41. The standard InChI is InChI=1S/C10H7ClO3/c1-13-5-8-7-4-6(11)2-3-9(7)14-10(8)12/h2-5H,1H3. The zero-order chi connectivity index (χ0) is 10.1. The predicted octanol–water partition coefficient (Wildman–Crippen LogP) is 2.25. The van der Waals surface area contributed by atoms with Gasteiger partial charge in [0.2, 0.25) is 0 Å². The van der Waals surface area contributed by atoms with Crippen LogP contribution in [0, 0.1) is 0 Å². The van der Waals surface area contributed by atoms with Crippen molar-refractivity contribution in [3.05, 3.63) is 35.0 Å². The molecule has 0 bridgehead atoms. The smallest absolute Gasteiger partial charge is 0.347 e. The van der Waals surface area contributed by atoms with Gasteiger partial charge in [0.15, 0.2) is 0 Å². The second kappa shape index (κ2) is 3.35. The summed E-state index contributed by atoms with van der Waals surface area (Å²) in [6.07, 6.45) is 1.35. The Labute approximate surface area is 85.9 Å². The number of esters is 1. The summed E-state index contributed by atoms with van der Waals surface area (Å²) < 4.78 is 9.77. The molecule has 72 valence electrons. The van der Waals surface area contributed by atoms with Gasteiger partial charge >= 0.3 is 5.97 Å². The molecule has 0 amide bonds. The molecule has 0 spiro atoms. The second-order valence-electron chi connectivity index (χ2n) is 2.80. The maximum Gasteiger partial charge on any atom is 0.347 e. The molecule has 1 heterocycles. The molecule has 14 heavy (non-hydrogen) atoms. The van der Waals surface area contributed by atoms with Gasteiger partial charge in [-0.25, -0.2) is 4.79 Å². The van der Waals surface area contributed by atoms with Crippen LogP contribution in [-0.4, -0.2) is 13.1 Å². The van der Waals surface area contributed by atoms with Gasteiger partial charge in [0.1, 0.15) is 11.3 Å². The Balaban J connectivity index is 2.55. The highest BCUT2D eigenvalue weighted by molar-refractivity contribution is 6.31. The topological polar surface area (TPSA) is 35.5 Å². The Kier molecular flexibility index (Phi) is 2.17. The zero-order valence-corrected chi connectivity index (χ0v) is 8.17. The predicted molar refractivity (Wildman–Crippen MR) is 52.1 cm³/mol. The maximum atomic E-state index is 11.3. The van der Waals surface area contributed by atoms with E-state index in [-0.39, 0.29) is 0 Å². The Morgan fingerprint density at radius 1 is 1.50 bits per heavy atom. The number of methoxy groups -OCH3 is 1. The first-order valence-electron chi connectivity index (χ1n) is 3.97. The minimum Gasteiger partial charge on any atom is -0.503 e. The number of benzene rings is 1. The van der Waals surface area contributed by atoms with Gasteiger partial charge in [-0.15, -0.1) is 0 Å². The van der Waals surface area contributed by atoms with Crippen LogP contribution in [0.5, 0.6) is 5.75 Å². The van der Waals surface area contributed by atoms with Crippen molar-refractivity contribution >= 4 is 23.1 Å². The third-order valence-corrected chi connectivity index (χ3v) is 2.13. The van der Waals surface area contributed by atoms with Gasteiger partial charge in [0, 0.05) is 10.6 Å². The van der Waals surface area contributed by atoms with E-state index in [1.54, 1.807) is 18.2 Å². The monoisotopic (exact) mass is 210 g/mol. The molecule has 0 aromatic heterocycles. The van der Waals surface area contributed by atoms with Crippen LogP contribution in [0.15, 0.2) is 24.5 Å². The summed E-state index contributed by atoms with van der Waals surface area (Å²) in [5, 5.41) is 0.559. The van der Waals surface area contributed by atoms with E-state index in [0.717, 1.165) is 0 Å². The maximum absolute atomic E-state index is 11.3. The number of fused-ring (bicyclic) bond motifs is 1. The fourth-order valence-corrected chi connectivity index (χ4v) is 1.47. The van der Waals surface area contributed by atoms with Crippen molar-refractivity contribution in [3.63, 3.8) is 0 Å². The first-order chi connectivity index (χ1) is 6.72. The van der Waals surface area contributed by atoms with E-state index in [9.17, 15) is 4.79 Å². The summed E-state index contributed by atoms with van der Waals surface area (Å²) in [5.74, 6) is 0.104. The SMILES string of the molecule is COC=C1C(=O)Oc2ccc(Cl)cc21. The number of carbonyl (C=O) groups is 1. The van der Waals surface area contributed by atoms with Crippen molar-refractivity contribution in [3.8, 4) is 5.75 Å². The summed E-state index contributed by atoms with van der Waals surface area (Å²) in [5.41, 5.74) is 1.06. The quantitative estimate of drug-likeness (QED) is 0.309. The fourth-order valence-electron chi connectivity index (χ4n) is 1.30. The number of ether oxygens (including phenoxy) is 2. The molecule has 0 atom stereocenters. The molecule has 4 heteroatoms. The summed E-state index contributed by atoms with van der Waals surface area (Å²) in [4.78, 5) is 11.3. The van der Waals surface area contributed by atoms with Gasteiger partial charge in [-0.1, -0.05) is 11.6 Å². The van der Waals surface area contributed by atoms with Crippen LogP contribution in [0.2, 0.25) is 5.02 Å². The second-order valence-corrected chi connectivity index (χ2v) is 3.23. The minimum atomic E-state index is -0.413. The van der Waals surface area contributed by atoms with Crippen molar-refractivity contribution in [1.82, 2.24) is 0 Å². The molecule has 1 aliphatic heterocycles. The normalized spacial score (nSPS) is 16.7. The van der Waals surface area contributed by atoms with Crippen molar-refractivity contribution in [2.45, 2.75) is 0 Å². The molecule has 1 aromatic carbocycles. The number of halogens is 1. The van der Waals surface area contributed by atoms with Crippen LogP contribution < -0.4 is 4.74 Å². The molecular weight excluding hydrogens is 204 g/mol. The van der Waals surface area contributed by atoms with E-state index in [1.807, 2.05) is 0 Å². The van der Waals surface area contributed by atoms with Crippen molar-refractivity contribution in [2.75, 3.05) is 7.11 Å². The molecule has 0 aliphatic carbocycles. The highest BCUT2D eigenvalue weighted by Gasteiger charge is 2.27. The number of carbonyl (C=O) groups excluding carboxylic acids is 1. The van der Waals surface area contributed by atoms with Crippen molar-refractivity contribution in [2.24, 2.45) is 0 Å². The van der Waals surface area contributed by atoms with E-state index >= 15 is 0 Å². The number of rotatable bonds is 1. The summed E-state index contributed by atoms with van der Waals surface area (Å²) in [6.45, 7) is 0. The third kappa shape index (κ3) is 1.36. The summed E-state index contributed by atoms with van der Waals surface area (Å²) in [6, 6.07) is 5.00. The molecule has 0 saturated carbocycles. The Hall–Kier alpha value is -1.48. The molecule has 3 nitrogen and oxygen atoms in total. The van der Waals surface area contributed by atoms with Crippen LogP contribution in [0.3, 0.4) is 0 Å². The van der Waals surface area contributed by atoms with E-state index in [4.69, 9.17) is 21.1 Å². The van der Waals surface area contributed by atoms with Gasteiger partial charge < -0.3 is 9.47 Å². The molecule has 1 aliphatic rings. The Morgan fingerprint density at radius 3 is 3.00 bits per heavy atom. The first-order valence-corrected chi connectivity index (χ1v) is 4.35. The third-order valence-electron chi connectivity index (χ3n) is 1.89. The van der Waals surface area contributed by atoms with Crippen molar-refractivity contribution in [1.29, 1.82) is 0 Å². The van der Waals surface area contributed by atoms with E-state index in [0.29, 0.717) is 21.9 Å². The van der Waals surface area contributed by atoms with Crippen molar-refractivity contribution < 1.29 is 14.3 Å². The lowest BCUT2D eigenvalue weighted by atomic mass is 10.1. The summed E-state index contributed by atoms with van der Waals surface area (Å²) in [7, 11) is 1.48. The molecule has 0 N–H and O–H groups in total. The highest BCUT2D eigenvalue weighted by atomic mass is 35.5. The van der Waals surface area contributed by atoms with Crippen LogP contribution >= 0.6 is 11.6 Å². The first kappa shape index (κ1) is 9.09. The van der Waals surface area contributed by atoms with Gasteiger partial charge in [-0.3, -0.25) is 0 Å². The average molecular weight is 211 g/mol. The number of hydrogen-bond acceptors (Lipinski definition) is 3. The van der Waals surface area contributed by atoms with Gasteiger partial charge in [0.25, 0.3) is 0 Å². The van der Waals surface area contributed by atoms with Crippen LogP contribution in [0.4, 0.5) is 0 Å². The molecule has 0 fully saturated rings. The molecule has 0 unspecified atom stereocenters. The fraction of sp³-hybridized carbons (Fsp3) is 0.100. The van der Waals surface area contributed by atoms with Crippen LogP contribution in [0.1, 0.15) is 5.56 Å². The highest BCUT2D eigenvalue weighted by Crippen LogP contribution is 2.35.